The summed E-state index contributed by atoms with van der Waals surface area (Å²) in [6.07, 6.45) is 1.89. The van der Waals surface area contributed by atoms with Crippen LogP contribution in [0.3, 0.4) is 0 Å². The van der Waals surface area contributed by atoms with Crippen molar-refractivity contribution in [3.8, 4) is 0 Å². The number of benzene rings is 1. The number of esters is 1. The third-order valence-electron chi connectivity index (χ3n) is 4.01. The summed E-state index contributed by atoms with van der Waals surface area (Å²) in [5.41, 5.74) is 7.40. The van der Waals surface area contributed by atoms with Crippen molar-refractivity contribution in [1.29, 1.82) is 0 Å². The maximum absolute atomic E-state index is 11.9. The lowest BCUT2D eigenvalue weighted by atomic mass is 9.76. The zero-order chi connectivity index (χ0) is 12.7. The molecule has 0 bridgehead atoms. The Morgan fingerprint density at radius 1 is 1.41 bits per heavy atom. The first kappa shape index (κ1) is 12.1. The molecule has 0 amide bonds. The van der Waals surface area contributed by atoms with E-state index < -0.39 is 5.54 Å². The molecule has 3 nitrogen and oxygen atoms in total. The molecule has 17 heavy (non-hydrogen) atoms. The summed E-state index contributed by atoms with van der Waals surface area (Å²) in [6, 6.07) is 8.12. The van der Waals surface area contributed by atoms with Crippen LogP contribution in [0.15, 0.2) is 24.3 Å². The molecule has 1 atom stereocenters. The van der Waals surface area contributed by atoms with Crippen molar-refractivity contribution in [2.45, 2.75) is 37.6 Å². The fraction of sp³-hybridized carbons (Fsp3) is 0.500. The average Bonchev–Trinajstić information content (AvgIpc) is 3.10. The number of ether oxygens (including phenoxy) is 1. The molecule has 1 aromatic rings. The highest BCUT2D eigenvalue weighted by molar-refractivity contribution is 5.83. The Bertz CT molecular complexity index is 447. The first-order valence-corrected chi connectivity index (χ1v) is 5.89. The molecule has 1 aliphatic rings. The summed E-state index contributed by atoms with van der Waals surface area (Å²) in [7, 11) is 1.39. The Morgan fingerprint density at radius 2 is 2.00 bits per heavy atom. The molecule has 0 saturated heterocycles. The van der Waals surface area contributed by atoms with Crippen LogP contribution in [0.5, 0.6) is 0 Å². The molecule has 2 N–H and O–H groups in total. The minimum absolute atomic E-state index is 0.245. The van der Waals surface area contributed by atoms with Crippen LogP contribution in [-0.4, -0.2) is 18.6 Å². The van der Waals surface area contributed by atoms with E-state index in [0.717, 1.165) is 12.8 Å². The van der Waals surface area contributed by atoms with Gasteiger partial charge in [-0.1, -0.05) is 24.3 Å². The monoisotopic (exact) mass is 233 g/mol. The van der Waals surface area contributed by atoms with Gasteiger partial charge in [-0.2, -0.15) is 0 Å². The normalized spacial score (nSPS) is 20.5. The summed E-state index contributed by atoms with van der Waals surface area (Å²) in [4.78, 5) is 11.9. The molecule has 0 spiro atoms. The zero-order valence-corrected chi connectivity index (χ0v) is 10.6. The van der Waals surface area contributed by atoms with E-state index in [4.69, 9.17) is 10.5 Å². The Kier molecular flexibility index (Phi) is 2.74. The van der Waals surface area contributed by atoms with E-state index in [0.29, 0.717) is 0 Å². The number of aryl methyl sites for hydroxylation is 1. The van der Waals surface area contributed by atoms with E-state index in [1.165, 1.54) is 18.2 Å². The van der Waals surface area contributed by atoms with Crippen molar-refractivity contribution >= 4 is 5.97 Å². The highest BCUT2D eigenvalue weighted by Gasteiger charge is 2.60. The number of hydrogen-bond donors (Lipinski definition) is 1. The topological polar surface area (TPSA) is 52.3 Å². The predicted octanol–water partition coefficient (Wildman–Crippen LogP) is 1.92. The highest BCUT2D eigenvalue weighted by Crippen LogP contribution is 2.55. The largest absolute Gasteiger partial charge is 0.468 e. The van der Waals surface area contributed by atoms with Gasteiger partial charge in [-0.25, -0.2) is 0 Å². The van der Waals surface area contributed by atoms with Gasteiger partial charge < -0.3 is 10.5 Å². The first-order valence-electron chi connectivity index (χ1n) is 5.89. The third kappa shape index (κ3) is 1.65. The lowest BCUT2D eigenvalue weighted by molar-refractivity contribution is -0.147. The van der Waals surface area contributed by atoms with Crippen LogP contribution in [0.25, 0.3) is 0 Å². The molecule has 0 aliphatic heterocycles. The Balaban J connectivity index is 2.45. The summed E-state index contributed by atoms with van der Waals surface area (Å²) in [5.74, 6) is -0.335. The average molecular weight is 233 g/mol. The summed E-state index contributed by atoms with van der Waals surface area (Å²) in [5, 5.41) is 0. The molecule has 92 valence electrons. The quantitative estimate of drug-likeness (QED) is 0.811. The lowest BCUT2D eigenvalue weighted by Gasteiger charge is -2.33. The van der Waals surface area contributed by atoms with Gasteiger partial charge >= 0.3 is 5.97 Å². The van der Waals surface area contributed by atoms with Crippen molar-refractivity contribution in [3.63, 3.8) is 0 Å². The third-order valence-corrected chi connectivity index (χ3v) is 4.01. The molecule has 2 rings (SSSR count). The second-order valence-electron chi connectivity index (χ2n) is 5.09. The number of methoxy groups -OCH3 is 1. The predicted molar refractivity (Wildman–Crippen MR) is 66.7 cm³/mol. The summed E-state index contributed by atoms with van der Waals surface area (Å²) < 4.78 is 4.84. The molecular formula is C14H19NO2. The van der Waals surface area contributed by atoms with Crippen LogP contribution in [0.2, 0.25) is 0 Å². The maximum atomic E-state index is 11.9. The van der Waals surface area contributed by atoms with E-state index in [1.54, 1.807) is 6.92 Å². The fourth-order valence-corrected chi connectivity index (χ4v) is 2.71. The highest BCUT2D eigenvalue weighted by atomic mass is 16.5. The van der Waals surface area contributed by atoms with Gasteiger partial charge in [0.05, 0.1) is 7.11 Å². The van der Waals surface area contributed by atoms with Crippen molar-refractivity contribution in [2.24, 2.45) is 5.73 Å². The Hall–Kier alpha value is -1.35. The van der Waals surface area contributed by atoms with Crippen LogP contribution in [0.1, 0.15) is 30.9 Å². The number of carbonyl (C=O) groups is 1. The van der Waals surface area contributed by atoms with Gasteiger partial charge in [0.1, 0.15) is 5.54 Å². The van der Waals surface area contributed by atoms with Crippen LogP contribution < -0.4 is 5.73 Å². The molecule has 3 heteroatoms. The summed E-state index contributed by atoms with van der Waals surface area (Å²) in [6.45, 7) is 3.83. The number of nitrogens with two attached hydrogens (primary N) is 1. The molecule has 1 fully saturated rings. The van der Waals surface area contributed by atoms with Gasteiger partial charge in [-0.3, -0.25) is 4.79 Å². The smallest absolute Gasteiger partial charge is 0.326 e. The molecular weight excluding hydrogens is 214 g/mol. The standard InChI is InChI=1S/C14H19NO2/c1-10-6-4-5-7-11(10)14(8-9-14)13(2,15)12(16)17-3/h4-7H,8-9,15H2,1-3H3. The molecule has 0 heterocycles. The van der Waals surface area contributed by atoms with Gasteiger partial charge in [0.25, 0.3) is 0 Å². The second-order valence-corrected chi connectivity index (χ2v) is 5.09. The lowest BCUT2D eigenvalue weighted by Crippen LogP contribution is -2.55. The number of hydrogen-bond acceptors (Lipinski definition) is 3. The van der Waals surface area contributed by atoms with Gasteiger partial charge in [0, 0.05) is 5.41 Å². The van der Waals surface area contributed by atoms with E-state index >= 15 is 0 Å². The van der Waals surface area contributed by atoms with Crippen molar-refractivity contribution < 1.29 is 9.53 Å². The van der Waals surface area contributed by atoms with Crippen molar-refractivity contribution in [3.05, 3.63) is 35.4 Å². The molecule has 1 aliphatic carbocycles. The van der Waals surface area contributed by atoms with Crippen LogP contribution in [0.4, 0.5) is 0 Å². The minimum Gasteiger partial charge on any atom is -0.468 e. The van der Waals surface area contributed by atoms with E-state index in [1.807, 2.05) is 12.1 Å². The SMILES string of the molecule is COC(=O)C(C)(N)C1(c2ccccc2C)CC1. The van der Waals surface area contributed by atoms with Gasteiger partial charge in [-0.15, -0.1) is 0 Å². The van der Waals surface area contributed by atoms with E-state index in [-0.39, 0.29) is 11.4 Å². The molecule has 1 saturated carbocycles. The van der Waals surface area contributed by atoms with Gasteiger partial charge in [0.15, 0.2) is 0 Å². The Morgan fingerprint density at radius 3 is 2.47 bits per heavy atom. The van der Waals surface area contributed by atoms with Crippen LogP contribution >= 0.6 is 0 Å². The first-order chi connectivity index (χ1) is 7.95. The van der Waals surface area contributed by atoms with Crippen LogP contribution in [0, 0.1) is 6.92 Å². The number of rotatable bonds is 3. The fourth-order valence-electron chi connectivity index (χ4n) is 2.71. The minimum atomic E-state index is -0.951. The number of carbonyl (C=O) groups excluding carboxylic acids is 1. The zero-order valence-electron chi connectivity index (χ0n) is 10.6. The van der Waals surface area contributed by atoms with Gasteiger partial charge in [0.2, 0.25) is 0 Å². The molecule has 0 aromatic heterocycles. The molecule has 1 unspecified atom stereocenters. The van der Waals surface area contributed by atoms with Crippen LogP contribution in [-0.2, 0) is 14.9 Å². The maximum Gasteiger partial charge on any atom is 0.326 e. The second kappa shape index (κ2) is 3.84. The molecule has 1 aromatic carbocycles. The van der Waals surface area contributed by atoms with E-state index in [9.17, 15) is 4.79 Å². The van der Waals surface area contributed by atoms with Crippen molar-refractivity contribution in [2.75, 3.05) is 7.11 Å². The van der Waals surface area contributed by atoms with Crippen molar-refractivity contribution in [1.82, 2.24) is 0 Å². The van der Waals surface area contributed by atoms with E-state index in [2.05, 4.69) is 19.1 Å². The summed E-state index contributed by atoms with van der Waals surface area (Å²) >= 11 is 0. The molecule has 0 radical (unpaired) electrons. The van der Waals surface area contributed by atoms with Gasteiger partial charge in [-0.05, 0) is 37.8 Å². The Labute approximate surface area is 102 Å².